The van der Waals surface area contributed by atoms with Crippen LogP contribution in [-0.4, -0.2) is 38.0 Å². The number of nitrogens with one attached hydrogen (secondary N) is 2. The maximum atomic E-state index is 12.0. The zero-order valence-electron chi connectivity index (χ0n) is 13.3. The van der Waals surface area contributed by atoms with Crippen molar-refractivity contribution in [2.24, 2.45) is 5.92 Å². The Bertz CT molecular complexity index is 509. The maximum Gasteiger partial charge on any atom is 0.319 e. The van der Waals surface area contributed by atoms with Crippen LogP contribution in [0.4, 0.5) is 10.5 Å². The second-order valence-electron chi connectivity index (χ2n) is 5.29. The van der Waals surface area contributed by atoms with E-state index in [9.17, 15) is 9.90 Å². The summed E-state index contributed by atoms with van der Waals surface area (Å²) in [5.74, 6) is 1.46. The molecule has 1 aromatic carbocycles. The summed E-state index contributed by atoms with van der Waals surface area (Å²) < 4.78 is 11.1. The molecule has 124 valence electrons. The highest BCUT2D eigenvalue weighted by atomic mass is 79.9. The van der Waals surface area contributed by atoms with E-state index in [0.29, 0.717) is 34.0 Å². The smallest absolute Gasteiger partial charge is 0.319 e. The van der Waals surface area contributed by atoms with Crippen LogP contribution in [0.15, 0.2) is 16.6 Å². The third kappa shape index (κ3) is 5.38. The number of benzene rings is 1. The van der Waals surface area contributed by atoms with Crippen molar-refractivity contribution in [1.82, 2.24) is 5.32 Å². The van der Waals surface area contributed by atoms with Crippen LogP contribution in [0.25, 0.3) is 0 Å². The van der Waals surface area contributed by atoms with Crippen molar-refractivity contribution in [3.8, 4) is 11.5 Å². The van der Waals surface area contributed by atoms with Gasteiger partial charge in [0, 0.05) is 16.6 Å². The van der Waals surface area contributed by atoms with E-state index in [0.717, 1.165) is 0 Å². The summed E-state index contributed by atoms with van der Waals surface area (Å²) in [6, 6.07) is 2.72. The quantitative estimate of drug-likeness (QED) is 0.685. The van der Waals surface area contributed by atoms with Gasteiger partial charge in [0.05, 0.1) is 32.6 Å². The minimum absolute atomic E-state index is 0.0985. The molecule has 0 radical (unpaired) electrons. The summed E-state index contributed by atoms with van der Waals surface area (Å²) in [5, 5.41) is 14.8. The largest absolute Gasteiger partial charge is 0.493 e. The molecule has 1 rings (SSSR count). The lowest BCUT2D eigenvalue weighted by Gasteiger charge is -2.19. The van der Waals surface area contributed by atoms with Crippen LogP contribution in [0.2, 0.25) is 0 Å². The topological polar surface area (TPSA) is 79.8 Å². The summed E-state index contributed by atoms with van der Waals surface area (Å²) in [6.45, 7) is 3.97. The van der Waals surface area contributed by atoms with Gasteiger partial charge in [0.2, 0.25) is 0 Å². The fraction of sp³-hybridized carbons (Fsp3) is 0.533. The first-order valence-corrected chi connectivity index (χ1v) is 7.80. The lowest BCUT2D eigenvalue weighted by atomic mass is 10.0. The van der Waals surface area contributed by atoms with E-state index in [1.807, 2.05) is 13.8 Å². The molecule has 2 amide bonds. The van der Waals surface area contributed by atoms with Gasteiger partial charge < -0.3 is 25.2 Å². The van der Waals surface area contributed by atoms with Gasteiger partial charge in [0.25, 0.3) is 0 Å². The molecule has 0 aliphatic carbocycles. The summed E-state index contributed by atoms with van der Waals surface area (Å²) >= 11 is 3.38. The van der Waals surface area contributed by atoms with Crippen LogP contribution >= 0.6 is 15.9 Å². The summed E-state index contributed by atoms with van der Waals surface area (Å²) in [6.07, 6.45) is 0.705. The van der Waals surface area contributed by atoms with Crippen LogP contribution in [0.3, 0.4) is 0 Å². The number of halogens is 1. The van der Waals surface area contributed by atoms with Gasteiger partial charge in [0.1, 0.15) is 0 Å². The fourth-order valence-corrected chi connectivity index (χ4v) is 2.46. The molecule has 7 heteroatoms. The third-order valence-corrected chi connectivity index (χ3v) is 3.69. The van der Waals surface area contributed by atoms with E-state index in [2.05, 4.69) is 26.6 Å². The van der Waals surface area contributed by atoms with Crippen molar-refractivity contribution < 1.29 is 19.4 Å². The first kappa shape index (κ1) is 18.6. The second-order valence-corrected chi connectivity index (χ2v) is 6.15. The fourth-order valence-electron chi connectivity index (χ4n) is 2.04. The summed E-state index contributed by atoms with van der Waals surface area (Å²) in [7, 11) is 3.07. The van der Waals surface area contributed by atoms with Gasteiger partial charge in [-0.2, -0.15) is 0 Å². The SMILES string of the molecule is COc1cc(Br)c(NC(=O)NC(CO)CC(C)C)cc1OC. The van der Waals surface area contributed by atoms with E-state index >= 15 is 0 Å². The van der Waals surface area contributed by atoms with Crippen molar-refractivity contribution in [2.75, 3.05) is 26.1 Å². The molecule has 0 bridgehead atoms. The third-order valence-electron chi connectivity index (χ3n) is 3.03. The van der Waals surface area contributed by atoms with Crippen molar-refractivity contribution in [3.63, 3.8) is 0 Å². The average Bonchev–Trinajstić information content (AvgIpc) is 2.47. The van der Waals surface area contributed by atoms with Gasteiger partial charge in [-0.25, -0.2) is 4.79 Å². The minimum atomic E-state index is -0.382. The number of urea groups is 1. The van der Waals surface area contributed by atoms with Gasteiger partial charge in [0.15, 0.2) is 11.5 Å². The molecule has 1 atom stereocenters. The van der Waals surface area contributed by atoms with Crippen LogP contribution in [0.5, 0.6) is 11.5 Å². The summed E-state index contributed by atoms with van der Waals surface area (Å²) in [4.78, 5) is 12.0. The van der Waals surface area contributed by atoms with Gasteiger partial charge in [-0.05, 0) is 28.3 Å². The molecule has 0 heterocycles. The van der Waals surface area contributed by atoms with Crippen LogP contribution in [-0.2, 0) is 0 Å². The predicted molar refractivity (Wildman–Crippen MR) is 89.7 cm³/mol. The number of rotatable bonds is 7. The van der Waals surface area contributed by atoms with Gasteiger partial charge >= 0.3 is 6.03 Å². The number of amides is 2. The first-order valence-electron chi connectivity index (χ1n) is 7.01. The zero-order chi connectivity index (χ0) is 16.7. The van der Waals surface area contributed by atoms with Crippen LogP contribution in [0, 0.1) is 5.92 Å². The average molecular weight is 375 g/mol. The molecule has 0 spiro atoms. The molecule has 0 aromatic heterocycles. The highest BCUT2D eigenvalue weighted by Crippen LogP contribution is 2.36. The van der Waals surface area contributed by atoms with Crippen LogP contribution in [0.1, 0.15) is 20.3 Å². The molecule has 22 heavy (non-hydrogen) atoms. The molecule has 1 aromatic rings. The van der Waals surface area contributed by atoms with Crippen molar-refractivity contribution in [2.45, 2.75) is 26.3 Å². The molecule has 0 saturated heterocycles. The highest BCUT2D eigenvalue weighted by molar-refractivity contribution is 9.10. The van der Waals surface area contributed by atoms with E-state index < -0.39 is 0 Å². The lowest BCUT2D eigenvalue weighted by Crippen LogP contribution is -2.41. The highest BCUT2D eigenvalue weighted by Gasteiger charge is 2.15. The van der Waals surface area contributed by atoms with E-state index in [-0.39, 0.29) is 18.7 Å². The number of aliphatic hydroxyl groups excluding tert-OH is 1. The number of aliphatic hydroxyl groups is 1. The monoisotopic (exact) mass is 374 g/mol. The molecule has 0 fully saturated rings. The molecular formula is C15H23BrN2O4. The first-order chi connectivity index (χ1) is 10.4. The standard InChI is InChI=1S/C15H23BrN2O4/c1-9(2)5-10(8-19)17-15(20)18-12-7-14(22-4)13(21-3)6-11(12)16/h6-7,9-10,19H,5,8H2,1-4H3,(H2,17,18,20). The van der Waals surface area contributed by atoms with Crippen molar-refractivity contribution in [3.05, 3.63) is 16.6 Å². The molecule has 0 aliphatic rings. The molecule has 0 aliphatic heterocycles. The van der Waals surface area contributed by atoms with Gasteiger partial charge in [-0.15, -0.1) is 0 Å². The predicted octanol–water partition coefficient (Wildman–Crippen LogP) is 2.99. The molecular weight excluding hydrogens is 352 g/mol. The van der Waals surface area contributed by atoms with Gasteiger partial charge in [-0.1, -0.05) is 13.8 Å². The Morgan fingerprint density at radius 2 is 1.86 bits per heavy atom. The van der Waals surface area contributed by atoms with E-state index in [1.54, 1.807) is 19.2 Å². The minimum Gasteiger partial charge on any atom is -0.493 e. The molecule has 6 nitrogen and oxygen atoms in total. The lowest BCUT2D eigenvalue weighted by molar-refractivity contribution is 0.214. The number of carbonyl (C=O) groups excluding carboxylic acids is 1. The number of anilines is 1. The Labute approximate surface area is 139 Å². The zero-order valence-corrected chi connectivity index (χ0v) is 14.9. The Balaban J connectivity index is 2.79. The number of carbonyl (C=O) groups is 1. The Hall–Kier alpha value is -1.47. The number of hydrogen-bond donors (Lipinski definition) is 3. The molecule has 0 saturated carbocycles. The normalized spacial score (nSPS) is 12.0. The Morgan fingerprint density at radius 1 is 1.27 bits per heavy atom. The van der Waals surface area contributed by atoms with Crippen LogP contribution < -0.4 is 20.1 Å². The molecule has 1 unspecified atom stereocenters. The van der Waals surface area contributed by atoms with Gasteiger partial charge in [-0.3, -0.25) is 0 Å². The maximum absolute atomic E-state index is 12.0. The van der Waals surface area contributed by atoms with E-state index in [4.69, 9.17) is 9.47 Å². The van der Waals surface area contributed by atoms with E-state index in [1.165, 1.54) is 7.11 Å². The second kappa shape index (κ2) is 8.85. The number of hydrogen-bond acceptors (Lipinski definition) is 4. The number of methoxy groups -OCH3 is 2. The number of ether oxygens (including phenoxy) is 2. The summed E-state index contributed by atoms with van der Waals surface area (Å²) in [5.41, 5.74) is 0.552. The Kier molecular flexibility index (Phi) is 7.47. The Morgan fingerprint density at radius 3 is 2.36 bits per heavy atom. The molecule has 3 N–H and O–H groups in total. The van der Waals surface area contributed by atoms with Crippen molar-refractivity contribution >= 4 is 27.6 Å². The van der Waals surface area contributed by atoms with Crippen molar-refractivity contribution in [1.29, 1.82) is 0 Å².